The van der Waals surface area contributed by atoms with Crippen molar-refractivity contribution in [3.63, 3.8) is 0 Å². The molecule has 6 heteroatoms. The minimum absolute atomic E-state index is 0.0633. The number of fused-ring (bicyclic) bond motifs is 2. The van der Waals surface area contributed by atoms with E-state index in [-0.39, 0.29) is 60.4 Å². The summed E-state index contributed by atoms with van der Waals surface area (Å²) in [6.45, 7) is 8.87. The molecule has 1 aromatic carbocycles. The predicted octanol–water partition coefficient (Wildman–Crippen LogP) is 6.82. The standard InChI is InChI=1S/C36H44N2O4/c1-23(2)7-5-9-25-15-17-29-31(19-25)35(41)37(33(29)39)21-27-11-13-28(14-12-27)22-38-34(40)30-18-16-26(10-6-8-24(3)4)20-32(30)36(38)42/h7-8,11-16,29-32H,5-6,9-10,17-22H2,1-4H3. The van der Waals surface area contributed by atoms with E-state index in [9.17, 15) is 19.2 Å². The number of likely N-dealkylation sites (tertiary alicyclic amines) is 2. The summed E-state index contributed by atoms with van der Waals surface area (Å²) in [5.74, 6) is -1.26. The molecule has 4 unspecified atom stereocenters. The Labute approximate surface area is 250 Å². The fourth-order valence-electron chi connectivity index (χ4n) is 6.94. The number of nitrogens with zero attached hydrogens (tertiary/aromatic N) is 2. The van der Waals surface area contributed by atoms with Crippen LogP contribution < -0.4 is 0 Å². The van der Waals surface area contributed by atoms with Gasteiger partial charge in [0.25, 0.3) is 0 Å². The highest BCUT2D eigenvalue weighted by Crippen LogP contribution is 2.41. The number of amides is 4. The van der Waals surface area contributed by atoms with Crippen molar-refractivity contribution < 1.29 is 19.2 Å². The van der Waals surface area contributed by atoms with Crippen molar-refractivity contribution in [2.24, 2.45) is 23.7 Å². The lowest BCUT2D eigenvalue weighted by atomic mass is 9.80. The molecule has 0 N–H and O–H groups in total. The van der Waals surface area contributed by atoms with Crippen LogP contribution in [0.5, 0.6) is 0 Å². The summed E-state index contributed by atoms with van der Waals surface area (Å²) >= 11 is 0. The van der Waals surface area contributed by atoms with Crippen LogP contribution in [0.15, 0.2) is 70.9 Å². The van der Waals surface area contributed by atoms with Crippen LogP contribution in [0, 0.1) is 23.7 Å². The summed E-state index contributed by atoms with van der Waals surface area (Å²) in [7, 11) is 0. The molecular weight excluding hydrogens is 524 g/mol. The maximum Gasteiger partial charge on any atom is 0.233 e. The van der Waals surface area contributed by atoms with Gasteiger partial charge in [0.2, 0.25) is 23.6 Å². The maximum absolute atomic E-state index is 13.3. The molecule has 5 rings (SSSR count). The van der Waals surface area contributed by atoms with E-state index in [0.29, 0.717) is 25.7 Å². The highest BCUT2D eigenvalue weighted by atomic mass is 16.2. The normalized spacial score (nSPS) is 25.2. The molecule has 4 atom stereocenters. The third kappa shape index (κ3) is 6.43. The molecule has 0 spiro atoms. The Morgan fingerprint density at radius 2 is 0.976 bits per heavy atom. The van der Waals surface area contributed by atoms with E-state index in [1.54, 1.807) is 0 Å². The van der Waals surface area contributed by atoms with Crippen LogP contribution in [0.4, 0.5) is 0 Å². The molecule has 4 amide bonds. The van der Waals surface area contributed by atoms with Gasteiger partial charge in [-0.05, 0) is 90.2 Å². The average Bonchev–Trinajstić information content (AvgIpc) is 3.33. The highest BCUT2D eigenvalue weighted by Gasteiger charge is 2.49. The van der Waals surface area contributed by atoms with E-state index in [0.717, 1.165) is 36.8 Å². The summed E-state index contributed by atoms with van der Waals surface area (Å²) < 4.78 is 0. The number of carbonyl (C=O) groups is 4. The van der Waals surface area contributed by atoms with Gasteiger partial charge in [0, 0.05) is 0 Å². The number of imide groups is 2. The van der Waals surface area contributed by atoms with Gasteiger partial charge in [0.15, 0.2) is 0 Å². The first-order valence-corrected chi connectivity index (χ1v) is 15.5. The lowest BCUT2D eigenvalue weighted by Gasteiger charge is -2.21. The molecule has 1 aromatic rings. The molecule has 0 radical (unpaired) electrons. The Balaban J connectivity index is 1.16. The fraction of sp³-hybridized carbons (Fsp3) is 0.500. The molecule has 6 nitrogen and oxygen atoms in total. The summed E-state index contributed by atoms with van der Waals surface area (Å²) in [5, 5.41) is 0. The van der Waals surface area contributed by atoms with E-state index in [1.165, 1.54) is 32.1 Å². The minimum Gasteiger partial charge on any atom is -0.278 e. The lowest BCUT2D eigenvalue weighted by Crippen LogP contribution is -2.31. The molecule has 2 fully saturated rings. The van der Waals surface area contributed by atoms with Crippen LogP contribution >= 0.6 is 0 Å². The van der Waals surface area contributed by atoms with E-state index in [1.807, 2.05) is 24.3 Å². The first-order valence-electron chi connectivity index (χ1n) is 15.5. The summed E-state index contributed by atoms with van der Waals surface area (Å²) in [6, 6.07) is 7.62. The zero-order valence-electron chi connectivity index (χ0n) is 25.5. The number of allylic oxidation sites excluding steroid dienone is 8. The first kappa shape index (κ1) is 29.9. The molecular formula is C36H44N2O4. The molecule has 2 aliphatic carbocycles. The predicted molar refractivity (Wildman–Crippen MR) is 163 cm³/mol. The maximum atomic E-state index is 13.3. The average molecular weight is 569 g/mol. The van der Waals surface area contributed by atoms with Crippen LogP contribution in [0.25, 0.3) is 0 Å². The molecule has 4 aliphatic rings. The summed E-state index contributed by atoms with van der Waals surface area (Å²) in [5.41, 5.74) is 6.89. The van der Waals surface area contributed by atoms with E-state index in [2.05, 4.69) is 52.0 Å². The number of rotatable bonds is 10. The van der Waals surface area contributed by atoms with Gasteiger partial charge in [-0.3, -0.25) is 29.0 Å². The van der Waals surface area contributed by atoms with Crippen molar-refractivity contribution >= 4 is 23.6 Å². The highest BCUT2D eigenvalue weighted by molar-refractivity contribution is 6.06. The van der Waals surface area contributed by atoms with E-state index >= 15 is 0 Å². The van der Waals surface area contributed by atoms with Crippen molar-refractivity contribution in [1.29, 1.82) is 0 Å². The quantitative estimate of drug-likeness (QED) is 0.229. The van der Waals surface area contributed by atoms with Crippen molar-refractivity contribution in [3.8, 4) is 0 Å². The van der Waals surface area contributed by atoms with Crippen LogP contribution in [0.1, 0.15) is 90.2 Å². The largest absolute Gasteiger partial charge is 0.278 e. The Morgan fingerprint density at radius 3 is 1.33 bits per heavy atom. The fourth-order valence-corrected chi connectivity index (χ4v) is 6.94. The third-order valence-electron chi connectivity index (χ3n) is 9.33. The summed E-state index contributed by atoms with van der Waals surface area (Å²) in [4.78, 5) is 55.7. The second-order valence-corrected chi connectivity index (χ2v) is 13.0. The number of hydrogen-bond donors (Lipinski definition) is 0. The zero-order valence-corrected chi connectivity index (χ0v) is 25.5. The van der Waals surface area contributed by atoms with Gasteiger partial charge in [-0.25, -0.2) is 0 Å². The van der Waals surface area contributed by atoms with Crippen LogP contribution in [-0.4, -0.2) is 33.4 Å². The molecule has 222 valence electrons. The second kappa shape index (κ2) is 12.8. The van der Waals surface area contributed by atoms with Crippen molar-refractivity contribution in [3.05, 3.63) is 82.0 Å². The number of benzene rings is 1. The van der Waals surface area contributed by atoms with Crippen molar-refractivity contribution in [2.45, 2.75) is 92.2 Å². The Bertz CT molecular complexity index is 1270. The monoisotopic (exact) mass is 568 g/mol. The van der Waals surface area contributed by atoms with Crippen LogP contribution in [0.3, 0.4) is 0 Å². The Hall–Kier alpha value is -3.54. The van der Waals surface area contributed by atoms with Gasteiger partial charge in [-0.2, -0.15) is 0 Å². The van der Waals surface area contributed by atoms with Crippen LogP contribution in [-0.2, 0) is 32.3 Å². The minimum atomic E-state index is -0.249. The Morgan fingerprint density at radius 1 is 0.619 bits per heavy atom. The van der Waals surface area contributed by atoms with Gasteiger partial charge in [-0.15, -0.1) is 0 Å². The number of hydrogen-bond acceptors (Lipinski definition) is 4. The molecule has 0 bridgehead atoms. The Kier molecular flexibility index (Phi) is 9.10. The van der Waals surface area contributed by atoms with E-state index in [4.69, 9.17) is 0 Å². The second-order valence-electron chi connectivity index (χ2n) is 13.0. The van der Waals surface area contributed by atoms with Gasteiger partial charge in [-0.1, -0.05) is 70.9 Å². The SMILES string of the molecule is CC(C)=CCCC1=CCC2C(=O)N(Cc3ccc(CN4C(=O)C5CC=C(CCC=C(C)C)CC5C4=O)cc3)C(=O)C2C1. The molecule has 0 aromatic heterocycles. The van der Waals surface area contributed by atoms with Gasteiger partial charge in [0.1, 0.15) is 0 Å². The molecule has 0 saturated carbocycles. The van der Waals surface area contributed by atoms with Crippen molar-refractivity contribution in [1.82, 2.24) is 9.80 Å². The smallest absolute Gasteiger partial charge is 0.233 e. The van der Waals surface area contributed by atoms with Gasteiger partial charge < -0.3 is 0 Å². The molecule has 2 saturated heterocycles. The topological polar surface area (TPSA) is 74.8 Å². The molecule has 2 aliphatic heterocycles. The first-order chi connectivity index (χ1) is 20.1. The molecule has 2 heterocycles. The van der Waals surface area contributed by atoms with Gasteiger partial charge in [0.05, 0.1) is 36.8 Å². The van der Waals surface area contributed by atoms with Crippen LogP contribution in [0.2, 0.25) is 0 Å². The number of carbonyl (C=O) groups excluding carboxylic acids is 4. The molecule has 42 heavy (non-hydrogen) atoms. The van der Waals surface area contributed by atoms with E-state index < -0.39 is 0 Å². The zero-order chi connectivity index (χ0) is 30.0. The third-order valence-corrected chi connectivity index (χ3v) is 9.33. The van der Waals surface area contributed by atoms with Crippen molar-refractivity contribution in [2.75, 3.05) is 0 Å². The lowest BCUT2D eigenvalue weighted by molar-refractivity contribution is -0.142. The van der Waals surface area contributed by atoms with Gasteiger partial charge >= 0.3 is 0 Å². The summed E-state index contributed by atoms with van der Waals surface area (Å²) in [6.07, 6.45) is 15.2.